The molecule has 1 aromatic carbocycles. The summed E-state index contributed by atoms with van der Waals surface area (Å²) in [6.07, 6.45) is 0. The number of anilines is 1. The minimum absolute atomic E-state index is 0.0125. The number of nitrogen functional groups attached to an aromatic ring is 1. The molecule has 0 radical (unpaired) electrons. The number of para-hydroxylation sites is 1. The van der Waals surface area contributed by atoms with Crippen molar-refractivity contribution in [1.29, 1.82) is 0 Å². The van der Waals surface area contributed by atoms with Crippen LogP contribution >= 0.6 is 11.8 Å². The van der Waals surface area contributed by atoms with Crippen LogP contribution in [-0.2, 0) is 10.0 Å². The lowest BCUT2D eigenvalue weighted by Crippen LogP contribution is -2.41. The average molecular weight is 318 g/mol. The molecule has 114 valence electrons. The van der Waals surface area contributed by atoms with Crippen LogP contribution in [-0.4, -0.2) is 48.5 Å². The van der Waals surface area contributed by atoms with E-state index >= 15 is 0 Å². The number of likely N-dealkylation sites (N-methyl/N-ethyl adjacent to an activating group) is 1. The van der Waals surface area contributed by atoms with E-state index in [9.17, 15) is 13.5 Å². The highest BCUT2D eigenvalue weighted by molar-refractivity contribution is 8.00. The molecule has 7 heteroatoms. The maximum absolute atomic E-state index is 12.1. The summed E-state index contributed by atoms with van der Waals surface area (Å²) in [7, 11) is -1.88. The quantitative estimate of drug-likeness (QED) is 0.586. The SMILES string of the molecule is CN(CC(C)(C)O)S(=O)(=O)CCSc1ccccc1N. The molecule has 0 aromatic heterocycles. The molecule has 5 nitrogen and oxygen atoms in total. The molecule has 0 aliphatic heterocycles. The summed E-state index contributed by atoms with van der Waals surface area (Å²) in [4.78, 5) is 0.882. The Balaban J connectivity index is 2.54. The first-order chi connectivity index (χ1) is 9.12. The van der Waals surface area contributed by atoms with Crippen LogP contribution in [0, 0.1) is 0 Å². The predicted molar refractivity (Wildman–Crippen MR) is 84.3 cm³/mol. The molecule has 0 amide bonds. The van der Waals surface area contributed by atoms with Crippen molar-refractivity contribution < 1.29 is 13.5 Å². The van der Waals surface area contributed by atoms with Crippen molar-refractivity contribution in [3.8, 4) is 0 Å². The number of hydrogen-bond donors (Lipinski definition) is 2. The van der Waals surface area contributed by atoms with Crippen LogP contribution in [0.3, 0.4) is 0 Å². The third kappa shape index (κ3) is 5.70. The molecule has 0 heterocycles. The Morgan fingerprint density at radius 2 is 1.95 bits per heavy atom. The Kier molecular flexibility index (Phi) is 5.88. The van der Waals surface area contributed by atoms with Gasteiger partial charge in [0.15, 0.2) is 0 Å². The third-order valence-electron chi connectivity index (χ3n) is 2.60. The van der Waals surface area contributed by atoms with Crippen LogP contribution in [0.4, 0.5) is 5.69 Å². The summed E-state index contributed by atoms with van der Waals surface area (Å²) in [6, 6.07) is 7.37. The molecule has 0 unspecified atom stereocenters. The van der Waals surface area contributed by atoms with Gasteiger partial charge in [-0.3, -0.25) is 0 Å². The second kappa shape index (κ2) is 6.80. The molecular formula is C13H22N2O3S2. The van der Waals surface area contributed by atoms with Crippen LogP contribution in [0.15, 0.2) is 29.2 Å². The zero-order chi connectivity index (χ0) is 15.4. The van der Waals surface area contributed by atoms with E-state index in [-0.39, 0.29) is 12.3 Å². The summed E-state index contributed by atoms with van der Waals surface area (Å²) < 4.78 is 25.3. The van der Waals surface area contributed by atoms with Crippen LogP contribution < -0.4 is 5.73 Å². The van der Waals surface area contributed by atoms with Gasteiger partial charge in [-0.25, -0.2) is 12.7 Å². The van der Waals surface area contributed by atoms with Gasteiger partial charge >= 0.3 is 0 Å². The average Bonchev–Trinajstić information content (AvgIpc) is 2.29. The van der Waals surface area contributed by atoms with Crippen LogP contribution in [0.25, 0.3) is 0 Å². The van der Waals surface area contributed by atoms with Gasteiger partial charge < -0.3 is 10.8 Å². The van der Waals surface area contributed by atoms with Gasteiger partial charge in [-0.1, -0.05) is 12.1 Å². The molecule has 0 bridgehead atoms. The van der Waals surface area contributed by atoms with Gasteiger partial charge in [0, 0.05) is 29.9 Å². The largest absolute Gasteiger partial charge is 0.398 e. The van der Waals surface area contributed by atoms with Gasteiger partial charge in [0.2, 0.25) is 10.0 Å². The van der Waals surface area contributed by atoms with E-state index in [0.717, 1.165) is 4.90 Å². The van der Waals surface area contributed by atoms with Crippen molar-refractivity contribution in [3.63, 3.8) is 0 Å². The van der Waals surface area contributed by atoms with E-state index in [0.29, 0.717) is 11.4 Å². The van der Waals surface area contributed by atoms with Crippen molar-refractivity contribution in [3.05, 3.63) is 24.3 Å². The highest BCUT2D eigenvalue weighted by Gasteiger charge is 2.24. The fourth-order valence-electron chi connectivity index (χ4n) is 1.67. The monoisotopic (exact) mass is 318 g/mol. The number of nitrogens with zero attached hydrogens (tertiary/aromatic N) is 1. The normalized spacial score (nSPS) is 12.8. The fraction of sp³-hybridized carbons (Fsp3) is 0.538. The van der Waals surface area contributed by atoms with E-state index in [2.05, 4.69) is 0 Å². The Morgan fingerprint density at radius 1 is 1.35 bits per heavy atom. The Labute approximate surface area is 125 Å². The van der Waals surface area contributed by atoms with Crippen molar-refractivity contribution in [2.75, 3.05) is 30.8 Å². The summed E-state index contributed by atoms with van der Waals surface area (Å²) in [6.45, 7) is 3.24. The van der Waals surface area contributed by atoms with Gasteiger partial charge in [-0.05, 0) is 26.0 Å². The smallest absolute Gasteiger partial charge is 0.214 e. The lowest BCUT2D eigenvalue weighted by Gasteiger charge is -2.25. The number of aliphatic hydroxyl groups is 1. The van der Waals surface area contributed by atoms with Gasteiger partial charge in [-0.2, -0.15) is 0 Å². The Bertz CT molecular complexity index is 539. The number of hydrogen-bond acceptors (Lipinski definition) is 5. The molecule has 0 aliphatic carbocycles. The first-order valence-electron chi connectivity index (χ1n) is 6.25. The Morgan fingerprint density at radius 3 is 2.50 bits per heavy atom. The molecule has 0 atom stereocenters. The van der Waals surface area contributed by atoms with Crippen molar-refractivity contribution in [1.82, 2.24) is 4.31 Å². The number of benzene rings is 1. The second-order valence-corrected chi connectivity index (χ2v) is 8.60. The molecule has 0 fully saturated rings. The lowest BCUT2D eigenvalue weighted by atomic mass is 10.1. The highest BCUT2D eigenvalue weighted by atomic mass is 32.2. The molecule has 3 N–H and O–H groups in total. The third-order valence-corrected chi connectivity index (χ3v) is 5.75. The number of thioether (sulfide) groups is 1. The predicted octanol–water partition coefficient (Wildman–Crippen LogP) is 1.39. The molecule has 1 rings (SSSR count). The van der Waals surface area contributed by atoms with E-state index in [4.69, 9.17) is 5.73 Å². The lowest BCUT2D eigenvalue weighted by molar-refractivity contribution is 0.0640. The van der Waals surface area contributed by atoms with Crippen LogP contribution in [0.2, 0.25) is 0 Å². The van der Waals surface area contributed by atoms with Crippen LogP contribution in [0.5, 0.6) is 0 Å². The first-order valence-corrected chi connectivity index (χ1v) is 8.85. The van der Waals surface area contributed by atoms with Crippen molar-refractivity contribution in [2.45, 2.75) is 24.3 Å². The van der Waals surface area contributed by atoms with Crippen molar-refractivity contribution >= 4 is 27.5 Å². The van der Waals surface area contributed by atoms with Gasteiger partial charge in [0.1, 0.15) is 0 Å². The molecule has 0 saturated heterocycles. The molecule has 0 spiro atoms. The first kappa shape index (κ1) is 17.3. The zero-order valence-electron chi connectivity index (χ0n) is 12.0. The van der Waals surface area contributed by atoms with Gasteiger partial charge in [0.25, 0.3) is 0 Å². The minimum atomic E-state index is -3.36. The van der Waals surface area contributed by atoms with Crippen molar-refractivity contribution in [2.24, 2.45) is 0 Å². The number of nitrogens with two attached hydrogens (primary N) is 1. The molecule has 1 aromatic rings. The summed E-state index contributed by atoms with van der Waals surface area (Å²) in [5, 5.41) is 9.66. The van der Waals surface area contributed by atoms with Gasteiger partial charge in [0.05, 0.1) is 11.4 Å². The van der Waals surface area contributed by atoms with E-state index < -0.39 is 15.6 Å². The summed E-state index contributed by atoms with van der Waals surface area (Å²) in [5.74, 6) is 0.436. The second-order valence-electron chi connectivity index (χ2n) is 5.27. The molecule has 20 heavy (non-hydrogen) atoms. The minimum Gasteiger partial charge on any atom is -0.398 e. The number of rotatable bonds is 7. The van der Waals surface area contributed by atoms with E-state index in [1.807, 2.05) is 18.2 Å². The molecule has 0 saturated carbocycles. The Hall–Kier alpha value is -0.760. The number of sulfonamides is 1. The molecular weight excluding hydrogens is 296 g/mol. The highest BCUT2D eigenvalue weighted by Crippen LogP contribution is 2.24. The standard InChI is InChI=1S/C13H22N2O3S2/c1-13(2,16)10-15(3)20(17,18)9-8-19-12-7-5-4-6-11(12)14/h4-7,16H,8-10,14H2,1-3H3. The maximum Gasteiger partial charge on any atom is 0.214 e. The molecule has 0 aliphatic rings. The summed E-state index contributed by atoms with van der Waals surface area (Å²) >= 11 is 1.42. The maximum atomic E-state index is 12.1. The summed E-state index contributed by atoms with van der Waals surface area (Å²) in [5.41, 5.74) is 5.41. The van der Waals surface area contributed by atoms with E-state index in [1.165, 1.54) is 23.1 Å². The zero-order valence-corrected chi connectivity index (χ0v) is 13.7. The van der Waals surface area contributed by atoms with Gasteiger partial charge in [-0.15, -0.1) is 11.8 Å². The van der Waals surface area contributed by atoms with E-state index in [1.54, 1.807) is 19.9 Å². The topological polar surface area (TPSA) is 83.6 Å². The van der Waals surface area contributed by atoms with Crippen LogP contribution in [0.1, 0.15) is 13.8 Å². The fourth-order valence-corrected chi connectivity index (χ4v) is 4.30.